The van der Waals surface area contributed by atoms with Gasteiger partial charge >= 0.3 is 17.9 Å². The summed E-state index contributed by atoms with van der Waals surface area (Å²) in [5, 5.41) is 0.947. The largest absolute Gasteiger partial charge is 0.458 e. The van der Waals surface area contributed by atoms with E-state index < -0.39 is 36.2 Å². The normalized spacial score (nSPS) is 21.2. The number of hydrogen-bond acceptors (Lipinski definition) is 8. The molecule has 29 heavy (non-hydrogen) atoms. The van der Waals surface area contributed by atoms with E-state index in [1.165, 1.54) is 38.2 Å². The molecule has 1 aromatic carbocycles. The van der Waals surface area contributed by atoms with Crippen LogP contribution in [-0.2, 0) is 28.6 Å². The zero-order valence-electron chi connectivity index (χ0n) is 16.2. The molecule has 0 unspecified atom stereocenters. The van der Waals surface area contributed by atoms with Gasteiger partial charge in [-0.3, -0.25) is 19.2 Å². The van der Waals surface area contributed by atoms with Gasteiger partial charge in [-0.25, -0.2) is 0 Å². The van der Waals surface area contributed by atoms with E-state index >= 15 is 0 Å². The molecule has 0 aliphatic heterocycles. The molecule has 2 aromatic rings. The first-order chi connectivity index (χ1) is 13.7. The van der Waals surface area contributed by atoms with E-state index in [9.17, 15) is 19.2 Å². The van der Waals surface area contributed by atoms with Crippen molar-refractivity contribution >= 4 is 45.1 Å². The Morgan fingerprint density at radius 2 is 1.59 bits per heavy atom. The highest BCUT2D eigenvalue weighted by Gasteiger charge is 2.41. The first-order valence-electron chi connectivity index (χ1n) is 9.00. The Morgan fingerprint density at radius 3 is 2.21 bits per heavy atom. The van der Waals surface area contributed by atoms with Crippen molar-refractivity contribution in [2.24, 2.45) is 0 Å². The number of thiophene rings is 1. The Kier molecular flexibility index (Phi) is 6.12. The van der Waals surface area contributed by atoms with Crippen molar-refractivity contribution in [1.29, 1.82) is 0 Å². The molecule has 0 fully saturated rings. The Balaban J connectivity index is 1.97. The number of carbonyl (C=O) groups excluding carboxylic acids is 4. The standard InChI is InChI=1S/C21H20O7S/c1-11(22)26-16-8-15(9-17(27-12(2)23)21(16)28-13(3)24)20(25)19-10-14-6-4-5-7-18(14)29-19/h4-8,10,16-17,21H,9H2,1-3H3/t16-,17-,21-/m1/s1. The minimum atomic E-state index is -1.04. The summed E-state index contributed by atoms with van der Waals surface area (Å²) in [4.78, 5) is 48.3. The zero-order valence-corrected chi connectivity index (χ0v) is 17.0. The van der Waals surface area contributed by atoms with Crippen molar-refractivity contribution in [2.75, 3.05) is 0 Å². The third kappa shape index (κ3) is 4.89. The molecule has 7 nitrogen and oxygen atoms in total. The molecule has 1 heterocycles. The van der Waals surface area contributed by atoms with Crippen LogP contribution in [0.1, 0.15) is 36.9 Å². The first kappa shape index (κ1) is 20.7. The highest BCUT2D eigenvalue weighted by atomic mass is 32.1. The topological polar surface area (TPSA) is 96.0 Å². The maximum absolute atomic E-state index is 13.1. The van der Waals surface area contributed by atoms with Gasteiger partial charge in [-0.15, -0.1) is 11.3 Å². The van der Waals surface area contributed by atoms with E-state index in [1.807, 2.05) is 24.3 Å². The van der Waals surface area contributed by atoms with Crippen LogP contribution < -0.4 is 0 Å². The van der Waals surface area contributed by atoms with Crippen LogP contribution in [0.5, 0.6) is 0 Å². The van der Waals surface area contributed by atoms with Crippen molar-refractivity contribution in [2.45, 2.75) is 45.5 Å². The second-order valence-electron chi connectivity index (χ2n) is 6.67. The predicted octanol–water partition coefficient (Wildman–Crippen LogP) is 3.21. The molecule has 8 heteroatoms. The molecule has 1 aromatic heterocycles. The molecule has 0 saturated heterocycles. The smallest absolute Gasteiger partial charge is 0.303 e. The number of hydrogen-bond donors (Lipinski definition) is 0. The van der Waals surface area contributed by atoms with Gasteiger partial charge in [0.15, 0.2) is 18.0 Å². The van der Waals surface area contributed by atoms with Crippen LogP contribution in [0.4, 0.5) is 0 Å². The number of rotatable bonds is 5. The Hall–Kier alpha value is -3.00. The van der Waals surface area contributed by atoms with Crippen LogP contribution in [0.15, 0.2) is 42.0 Å². The number of esters is 3. The lowest BCUT2D eigenvalue weighted by molar-refractivity contribution is -0.180. The fourth-order valence-electron chi connectivity index (χ4n) is 3.28. The van der Waals surface area contributed by atoms with Crippen LogP contribution >= 0.6 is 11.3 Å². The maximum Gasteiger partial charge on any atom is 0.303 e. The lowest BCUT2D eigenvalue weighted by Crippen LogP contribution is -2.47. The molecule has 0 radical (unpaired) electrons. The van der Waals surface area contributed by atoms with Crippen molar-refractivity contribution in [1.82, 2.24) is 0 Å². The molecule has 0 bridgehead atoms. The van der Waals surface area contributed by atoms with Crippen LogP contribution in [0.3, 0.4) is 0 Å². The molecule has 0 saturated carbocycles. The van der Waals surface area contributed by atoms with Crippen LogP contribution in [0, 0.1) is 0 Å². The fourth-order valence-corrected chi connectivity index (χ4v) is 4.31. The lowest BCUT2D eigenvalue weighted by Gasteiger charge is -2.34. The third-order valence-corrected chi connectivity index (χ3v) is 5.45. The summed E-state index contributed by atoms with van der Waals surface area (Å²) in [6.07, 6.45) is -1.49. The quantitative estimate of drug-likeness (QED) is 0.419. The Labute approximate surface area is 171 Å². The Bertz CT molecular complexity index is 970. The summed E-state index contributed by atoms with van der Waals surface area (Å²) < 4.78 is 16.8. The molecule has 1 aliphatic carbocycles. The fraction of sp³-hybridized carbons (Fsp3) is 0.333. The highest BCUT2D eigenvalue weighted by molar-refractivity contribution is 7.21. The van der Waals surface area contributed by atoms with Gasteiger partial charge in [-0.05, 0) is 23.6 Å². The van der Waals surface area contributed by atoms with Gasteiger partial charge in [0.05, 0.1) is 4.88 Å². The van der Waals surface area contributed by atoms with E-state index in [2.05, 4.69) is 0 Å². The summed E-state index contributed by atoms with van der Waals surface area (Å²) in [6, 6.07) is 9.41. The van der Waals surface area contributed by atoms with E-state index in [0.717, 1.165) is 10.1 Å². The Morgan fingerprint density at radius 1 is 0.931 bits per heavy atom. The molecule has 0 spiro atoms. The maximum atomic E-state index is 13.1. The second-order valence-corrected chi connectivity index (χ2v) is 7.75. The number of carbonyl (C=O) groups is 4. The van der Waals surface area contributed by atoms with Crippen molar-refractivity contribution in [3.8, 4) is 0 Å². The van der Waals surface area contributed by atoms with Gasteiger partial charge in [0, 0.05) is 37.5 Å². The number of fused-ring (bicyclic) bond motifs is 1. The zero-order chi connectivity index (χ0) is 21.1. The van der Waals surface area contributed by atoms with E-state index in [4.69, 9.17) is 14.2 Å². The van der Waals surface area contributed by atoms with Crippen molar-refractivity contribution in [3.63, 3.8) is 0 Å². The van der Waals surface area contributed by atoms with Gasteiger partial charge in [0.2, 0.25) is 0 Å². The minimum absolute atomic E-state index is 0.0440. The second kappa shape index (κ2) is 8.57. The summed E-state index contributed by atoms with van der Waals surface area (Å²) in [5.74, 6) is -2.07. The molecule has 1 aliphatic rings. The lowest BCUT2D eigenvalue weighted by atomic mass is 9.89. The first-order valence-corrected chi connectivity index (χ1v) is 9.82. The number of ether oxygens (including phenoxy) is 3. The van der Waals surface area contributed by atoms with E-state index in [1.54, 1.807) is 6.07 Å². The summed E-state index contributed by atoms with van der Waals surface area (Å²) in [6.45, 7) is 3.64. The van der Waals surface area contributed by atoms with E-state index in [-0.39, 0.29) is 12.2 Å². The third-order valence-electron chi connectivity index (χ3n) is 4.34. The molecular formula is C21H20O7S. The van der Waals surface area contributed by atoms with Gasteiger partial charge in [0.1, 0.15) is 6.10 Å². The average molecular weight is 416 g/mol. The van der Waals surface area contributed by atoms with Crippen LogP contribution in [0.25, 0.3) is 10.1 Å². The van der Waals surface area contributed by atoms with E-state index in [0.29, 0.717) is 10.5 Å². The molecular weight excluding hydrogens is 396 g/mol. The molecule has 3 rings (SSSR count). The molecule has 0 N–H and O–H groups in total. The molecule has 0 amide bonds. The average Bonchev–Trinajstić information content (AvgIpc) is 3.06. The summed E-state index contributed by atoms with van der Waals surface area (Å²) in [7, 11) is 0. The van der Waals surface area contributed by atoms with Crippen LogP contribution in [-0.4, -0.2) is 42.0 Å². The summed E-state index contributed by atoms with van der Waals surface area (Å²) in [5.41, 5.74) is 0.331. The number of benzene rings is 1. The van der Waals surface area contributed by atoms with Crippen molar-refractivity contribution in [3.05, 3.63) is 46.9 Å². The molecule has 3 atom stereocenters. The van der Waals surface area contributed by atoms with Gasteiger partial charge in [-0.1, -0.05) is 18.2 Å². The predicted molar refractivity (Wildman–Crippen MR) is 106 cm³/mol. The number of ketones is 1. The van der Waals surface area contributed by atoms with Gasteiger partial charge in [0.25, 0.3) is 0 Å². The van der Waals surface area contributed by atoms with Gasteiger partial charge < -0.3 is 14.2 Å². The van der Waals surface area contributed by atoms with Gasteiger partial charge in [-0.2, -0.15) is 0 Å². The summed E-state index contributed by atoms with van der Waals surface area (Å²) >= 11 is 1.35. The monoisotopic (exact) mass is 416 g/mol. The highest BCUT2D eigenvalue weighted by Crippen LogP contribution is 2.32. The SMILES string of the molecule is CC(=O)O[C@@H]1[C@H](OC(C)=O)C=C(C(=O)c2cc3ccccc3s2)C[C@H]1OC(C)=O. The van der Waals surface area contributed by atoms with Crippen LogP contribution in [0.2, 0.25) is 0 Å². The number of Topliss-reactive ketones (excluding diaryl/α,β-unsaturated/α-hetero) is 1. The van der Waals surface area contributed by atoms with Crippen molar-refractivity contribution < 1.29 is 33.4 Å². The minimum Gasteiger partial charge on any atom is -0.458 e. The molecule has 152 valence electrons.